The molecule has 0 aromatic heterocycles. The molecule has 380 valence electrons. The molecule has 1 amide bonds. The summed E-state index contributed by atoms with van der Waals surface area (Å²) in [5, 5.41) is 13.3. The molecular formula is C56H92N2O9. The van der Waals surface area contributed by atoms with Gasteiger partial charge in [-0.3, -0.25) is 14.4 Å². The van der Waals surface area contributed by atoms with Gasteiger partial charge in [-0.2, -0.15) is 5.06 Å². The van der Waals surface area contributed by atoms with E-state index in [1.54, 1.807) is 14.2 Å². The van der Waals surface area contributed by atoms with Crippen LogP contribution in [0.25, 0.3) is 0 Å². The van der Waals surface area contributed by atoms with Crippen molar-refractivity contribution < 1.29 is 43.3 Å². The summed E-state index contributed by atoms with van der Waals surface area (Å²) in [5.74, 6) is 1.09. The number of hydrogen-bond donors (Lipinski definition) is 1. The summed E-state index contributed by atoms with van der Waals surface area (Å²) in [7, 11) is 3.47. The number of aliphatic hydroxyl groups excluding tert-OH is 1. The number of ether oxygens (including phenoxy) is 4. The topological polar surface area (TPSA) is 124 Å². The molecule has 3 fully saturated rings. The second kappa shape index (κ2) is 32.0. The monoisotopic (exact) mass is 937 g/mol. The van der Waals surface area contributed by atoms with Crippen molar-refractivity contribution in [2.24, 2.45) is 29.6 Å². The molecule has 2 heterocycles. The number of hydroxylamine groups is 2. The molecule has 9 unspecified atom stereocenters. The first-order chi connectivity index (χ1) is 32.1. The maximum absolute atomic E-state index is 13.4. The van der Waals surface area contributed by atoms with Crippen LogP contribution in [0.1, 0.15) is 151 Å². The summed E-state index contributed by atoms with van der Waals surface area (Å²) in [6, 6.07) is -0.0171. The minimum Gasteiger partial charge on any atom is -0.388 e. The van der Waals surface area contributed by atoms with Gasteiger partial charge in [-0.25, -0.2) is 0 Å². The molecule has 0 bridgehead atoms. The Kier molecular flexibility index (Phi) is 27.8. The summed E-state index contributed by atoms with van der Waals surface area (Å²) in [6.07, 6.45) is 28.2. The number of nitrogens with zero attached hydrogens (tertiary/aromatic N) is 2. The Morgan fingerprint density at radius 3 is 2.34 bits per heavy atom. The van der Waals surface area contributed by atoms with Gasteiger partial charge < -0.3 is 33.7 Å². The van der Waals surface area contributed by atoms with Crippen LogP contribution in [0.3, 0.4) is 0 Å². The van der Waals surface area contributed by atoms with Gasteiger partial charge in [0.05, 0.1) is 57.5 Å². The molecule has 1 N–H and O–H groups in total. The average molecular weight is 937 g/mol. The number of carbonyl (C=O) groups excluding carboxylic acids is 3. The smallest absolute Gasteiger partial charge is 0.247 e. The van der Waals surface area contributed by atoms with Crippen molar-refractivity contribution in [3.8, 4) is 0 Å². The van der Waals surface area contributed by atoms with E-state index < -0.39 is 6.10 Å². The zero-order chi connectivity index (χ0) is 49.3. The molecule has 3 rings (SSSR count). The Balaban J connectivity index is 1.55. The van der Waals surface area contributed by atoms with Crippen molar-refractivity contribution in [2.45, 2.75) is 194 Å². The number of allylic oxidation sites excluding steroid dienone is 6. The van der Waals surface area contributed by atoms with E-state index in [-0.39, 0.29) is 72.5 Å². The number of Topliss-reactive ketones (excluding diaryl/α,β-unsaturated/α-hetero) is 1. The first-order valence-electron chi connectivity index (χ1n) is 25.8. The van der Waals surface area contributed by atoms with E-state index in [0.29, 0.717) is 57.5 Å². The van der Waals surface area contributed by atoms with E-state index in [1.165, 1.54) is 18.1 Å². The molecule has 3 aliphatic rings. The van der Waals surface area contributed by atoms with Crippen LogP contribution >= 0.6 is 0 Å². The highest BCUT2D eigenvalue weighted by atomic mass is 16.7. The SMILES string of the molecule is C=CC(=O)N1CCCCC1N(OC)C(CCC1CCC(OCCOCCC=O)CC1)CC(=C)C(C)/C=C(\C)C(O)CC(=O)C(C)CC(C)/C=C/C=C/C=C(\C)C(CC1CC[C@@H](C)C(C)O1)OC. The Hall–Kier alpha value is -3.03. The third-order valence-corrected chi connectivity index (χ3v) is 14.7. The number of carbonyl (C=O) groups is 3. The van der Waals surface area contributed by atoms with Crippen LogP contribution in [-0.4, -0.2) is 116 Å². The molecule has 11 nitrogen and oxygen atoms in total. The van der Waals surface area contributed by atoms with Crippen LogP contribution in [0.4, 0.5) is 0 Å². The van der Waals surface area contributed by atoms with E-state index >= 15 is 0 Å². The first kappa shape index (κ1) is 58.3. The van der Waals surface area contributed by atoms with Gasteiger partial charge in [-0.1, -0.05) is 82.9 Å². The minimum atomic E-state index is -0.873. The Morgan fingerprint density at radius 2 is 1.67 bits per heavy atom. The van der Waals surface area contributed by atoms with E-state index in [9.17, 15) is 19.5 Å². The maximum atomic E-state index is 13.4. The third-order valence-electron chi connectivity index (χ3n) is 14.7. The zero-order valence-corrected chi connectivity index (χ0v) is 43.2. The zero-order valence-electron chi connectivity index (χ0n) is 43.2. The Labute approximate surface area is 406 Å². The average Bonchev–Trinajstić information content (AvgIpc) is 3.32. The molecule has 10 atom stereocenters. The van der Waals surface area contributed by atoms with Crippen molar-refractivity contribution in [1.82, 2.24) is 9.96 Å². The fourth-order valence-electron chi connectivity index (χ4n) is 10.0. The number of hydrogen-bond acceptors (Lipinski definition) is 10. The largest absolute Gasteiger partial charge is 0.388 e. The van der Waals surface area contributed by atoms with E-state index in [2.05, 4.69) is 66.0 Å². The second-order valence-corrected chi connectivity index (χ2v) is 20.1. The summed E-state index contributed by atoms with van der Waals surface area (Å²) >= 11 is 0. The number of aliphatic hydroxyl groups is 1. The van der Waals surface area contributed by atoms with Crippen molar-refractivity contribution in [3.63, 3.8) is 0 Å². The van der Waals surface area contributed by atoms with Gasteiger partial charge in [-0.05, 0) is 145 Å². The van der Waals surface area contributed by atoms with E-state index in [1.807, 2.05) is 42.0 Å². The molecule has 1 aliphatic carbocycles. The van der Waals surface area contributed by atoms with Crippen LogP contribution in [0.2, 0.25) is 0 Å². The maximum Gasteiger partial charge on any atom is 0.247 e. The number of amides is 1. The van der Waals surface area contributed by atoms with Gasteiger partial charge in [0.1, 0.15) is 18.2 Å². The van der Waals surface area contributed by atoms with Crippen LogP contribution in [0.5, 0.6) is 0 Å². The molecule has 2 aliphatic heterocycles. The first-order valence-corrected chi connectivity index (χ1v) is 25.8. The Bertz CT molecular complexity index is 1610. The van der Waals surface area contributed by atoms with Gasteiger partial charge in [0, 0.05) is 44.9 Å². The number of aldehydes is 1. The van der Waals surface area contributed by atoms with Crippen molar-refractivity contribution >= 4 is 18.0 Å². The van der Waals surface area contributed by atoms with Gasteiger partial charge in [0.25, 0.3) is 0 Å². The summed E-state index contributed by atoms with van der Waals surface area (Å²) in [6.45, 7) is 25.1. The standard InChI is InChI=1S/C56H92N2O9/c1-12-56(62)57-30-17-16-21-55(57)58(64-11)49(26-23-48-24-28-50(29-25-48)66-34-33-65-32-18-31-59)37-44(6)43(5)36-46(8)53(61)39-52(60)45(7)35-40(2)19-14-13-15-20-42(4)54(63-10)38-51-27-22-41(3)47(9)67-51/h12-15,19-20,31,36,40-41,43,45,47-51,53-55,61H,1,6,16-18,21-30,32-35,37-39H2,2-5,7-11H3/b15-13+,19-14+,42-20+,46-36+/t40?,41-,43?,45?,47?,48?,49?,50?,51?,53?,54?,55?/m1/s1. The molecule has 2 saturated heterocycles. The molecule has 0 radical (unpaired) electrons. The van der Waals surface area contributed by atoms with Crippen molar-refractivity contribution in [2.75, 3.05) is 40.6 Å². The van der Waals surface area contributed by atoms with Gasteiger partial charge in [-0.15, -0.1) is 0 Å². The van der Waals surface area contributed by atoms with Gasteiger partial charge in [0.15, 0.2) is 0 Å². The quantitative estimate of drug-likeness (QED) is 0.0179. The minimum absolute atomic E-state index is 0.0171. The normalized spacial score (nSPS) is 26.0. The van der Waals surface area contributed by atoms with E-state index in [0.717, 1.165) is 88.1 Å². The van der Waals surface area contributed by atoms with Crippen molar-refractivity contribution in [1.29, 1.82) is 0 Å². The number of piperidine rings is 1. The number of ketones is 1. The third kappa shape index (κ3) is 20.8. The molecule has 0 aromatic rings. The highest BCUT2D eigenvalue weighted by molar-refractivity contribution is 5.87. The highest BCUT2D eigenvalue weighted by Crippen LogP contribution is 2.35. The van der Waals surface area contributed by atoms with Gasteiger partial charge >= 0.3 is 0 Å². The van der Waals surface area contributed by atoms with E-state index in [4.69, 9.17) is 23.8 Å². The fraction of sp³-hybridized carbons (Fsp3) is 0.732. The fourth-order valence-corrected chi connectivity index (χ4v) is 10.0. The predicted octanol–water partition coefficient (Wildman–Crippen LogP) is 10.9. The lowest BCUT2D eigenvalue weighted by atomic mass is 9.82. The van der Waals surface area contributed by atoms with Crippen LogP contribution < -0.4 is 0 Å². The summed E-state index contributed by atoms with van der Waals surface area (Å²) in [4.78, 5) is 45.1. The number of likely N-dealkylation sites (tertiary alicyclic amines) is 1. The van der Waals surface area contributed by atoms with Crippen molar-refractivity contribution in [3.05, 3.63) is 72.4 Å². The molecule has 1 saturated carbocycles. The lowest BCUT2D eigenvalue weighted by Gasteiger charge is -2.44. The number of rotatable bonds is 31. The second-order valence-electron chi connectivity index (χ2n) is 20.1. The predicted molar refractivity (Wildman–Crippen MR) is 270 cm³/mol. The highest BCUT2D eigenvalue weighted by Gasteiger charge is 2.36. The summed E-state index contributed by atoms with van der Waals surface area (Å²) in [5.41, 5.74) is 2.95. The van der Waals surface area contributed by atoms with Crippen LogP contribution in [0, 0.1) is 29.6 Å². The van der Waals surface area contributed by atoms with Gasteiger partial charge in [0.2, 0.25) is 5.91 Å². The Morgan fingerprint density at radius 1 is 0.925 bits per heavy atom. The lowest BCUT2D eigenvalue weighted by Crippen LogP contribution is -2.55. The molecule has 67 heavy (non-hydrogen) atoms. The van der Waals surface area contributed by atoms with Crippen LogP contribution in [0.15, 0.2) is 72.4 Å². The molecule has 11 heteroatoms. The summed E-state index contributed by atoms with van der Waals surface area (Å²) < 4.78 is 23.6. The molecule has 0 spiro atoms. The lowest BCUT2D eigenvalue weighted by molar-refractivity contribution is -0.231. The molecular weight excluding hydrogens is 845 g/mol. The number of methoxy groups -OCH3 is 1. The molecule has 0 aromatic carbocycles. The van der Waals surface area contributed by atoms with Crippen LogP contribution in [-0.2, 0) is 38.2 Å².